The first-order valence-corrected chi connectivity index (χ1v) is 14.4. The second-order valence-electron chi connectivity index (χ2n) is 8.06. The van der Waals surface area contributed by atoms with Crippen LogP contribution in [0.25, 0.3) is 0 Å². The van der Waals surface area contributed by atoms with Crippen LogP contribution in [0.3, 0.4) is 0 Å². The van der Waals surface area contributed by atoms with E-state index in [1.54, 1.807) is 0 Å². The molecule has 1 aromatic rings. The van der Waals surface area contributed by atoms with Crippen LogP contribution in [-0.2, 0) is 4.74 Å². The molecule has 0 aliphatic carbocycles. The van der Waals surface area contributed by atoms with Crippen LogP contribution in [0.4, 0.5) is 11.4 Å². The summed E-state index contributed by atoms with van der Waals surface area (Å²) in [6.07, 6.45) is 3.85. The van der Waals surface area contributed by atoms with Crippen LogP contribution in [0, 0.1) is 0 Å². The highest BCUT2D eigenvalue weighted by atomic mass is 127. The van der Waals surface area contributed by atoms with Gasteiger partial charge in [0.15, 0.2) is 5.84 Å². The first-order valence-electron chi connectivity index (χ1n) is 11.1. The molecule has 1 saturated heterocycles. The average Bonchev–Trinajstić information content (AvgIpc) is 3.25. The van der Waals surface area contributed by atoms with Crippen molar-refractivity contribution in [3.05, 3.63) is 47.5 Å². The van der Waals surface area contributed by atoms with E-state index < -0.39 is 0 Å². The van der Waals surface area contributed by atoms with E-state index in [0.717, 1.165) is 49.0 Å². The lowest BCUT2D eigenvalue weighted by molar-refractivity contribution is 0.0664. The van der Waals surface area contributed by atoms with Gasteiger partial charge in [-0.25, -0.2) is 9.98 Å². The van der Waals surface area contributed by atoms with E-state index in [9.17, 15) is 4.79 Å². The molecule has 34 heavy (non-hydrogen) atoms. The Bertz CT molecular complexity index is 988. The number of rotatable bonds is 9. The molecular formula is C23H32IN7O2S. The van der Waals surface area contributed by atoms with Crippen molar-refractivity contribution in [2.24, 2.45) is 9.98 Å². The second-order valence-corrected chi connectivity index (χ2v) is 9.77. The van der Waals surface area contributed by atoms with Gasteiger partial charge in [0.2, 0.25) is 5.88 Å². The topological polar surface area (TPSA) is 76.0 Å². The minimum absolute atomic E-state index is 0.0740. The smallest absolute Gasteiger partial charge is 0.254 e. The highest BCUT2D eigenvalue weighted by Gasteiger charge is 2.24. The molecule has 2 heterocycles. The van der Waals surface area contributed by atoms with E-state index in [2.05, 4.69) is 50.2 Å². The molecule has 0 bridgehead atoms. The molecule has 0 atom stereocenters. The van der Waals surface area contributed by atoms with Crippen LogP contribution in [0.2, 0.25) is 0 Å². The van der Waals surface area contributed by atoms with Crippen molar-refractivity contribution >= 4 is 60.2 Å². The molecule has 0 unspecified atom stereocenters. The molecule has 2 aliphatic heterocycles. The summed E-state index contributed by atoms with van der Waals surface area (Å²) in [6, 6.07) is 5.78. The van der Waals surface area contributed by atoms with Crippen molar-refractivity contribution in [2.75, 3.05) is 70.8 Å². The van der Waals surface area contributed by atoms with Gasteiger partial charge in [-0.3, -0.25) is 9.10 Å². The number of nitrogens with one attached hydrogen (secondary N) is 1. The molecule has 1 aromatic carbocycles. The van der Waals surface area contributed by atoms with Gasteiger partial charge in [0, 0.05) is 82.4 Å². The van der Waals surface area contributed by atoms with Crippen LogP contribution in [0.5, 0.6) is 0 Å². The van der Waals surface area contributed by atoms with Gasteiger partial charge in [0.05, 0.1) is 23.6 Å². The minimum atomic E-state index is 0.0740. The van der Waals surface area contributed by atoms with Gasteiger partial charge in [-0.2, -0.15) is 0 Å². The molecule has 3 rings (SSSR count). The molecule has 11 heteroatoms. The number of hydrogen-bond donors (Lipinski definition) is 1. The Morgan fingerprint density at radius 1 is 1.29 bits per heavy atom. The van der Waals surface area contributed by atoms with Gasteiger partial charge in [0.1, 0.15) is 6.67 Å². The van der Waals surface area contributed by atoms with E-state index in [-0.39, 0.29) is 5.91 Å². The van der Waals surface area contributed by atoms with Gasteiger partial charge in [-0.1, -0.05) is 0 Å². The van der Waals surface area contributed by atoms with Gasteiger partial charge < -0.3 is 24.8 Å². The van der Waals surface area contributed by atoms with Gasteiger partial charge in [0.25, 0.3) is 5.91 Å². The first-order chi connectivity index (χ1) is 16.4. The molecule has 1 fully saturated rings. The summed E-state index contributed by atoms with van der Waals surface area (Å²) in [4.78, 5) is 28.0. The van der Waals surface area contributed by atoms with Gasteiger partial charge in [-0.05, 0) is 45.0 Å². The first kappa shape index (κ1) is 26.4. The summed E-state index contributed by atoms with van der Waals surface area (Å²) in [5, 5.41) is 3.39. The van der Waals surface area contributed by atoms with Crippen LogP contribution in [-0.4, -0.2) is 93.2 Å². The fourth-order valence-electron chi connectivity index (χ4n) is 3.70. The number of carbonyl (C=O) groups is 1. The van der Waals surface area contributed by atoms with E-state index in [1.807, 2.05) is 65.6 Å². The zero-order chi connectivity index (χ0) is 24.7. The summed E-state index contributed by atoms with van der Waals surface area (Å²) < 4.78 is 7.57. The van der Waals surface area contributed by atoms with Crippen molar-refractivity contribution < 1.29 is 9.53 Å². The lowest BCUT2D eigenvalue weighted by atomic mass is 10.1. The molecule has 1 N–H and O–H groups in total. The Kier molecular flexibility index (Phi) is 9.65. The van der Waals surface area contributed by atoms with Gasteiger partial charge >= 0.3 is 0 Å². The van der Waals surface area contributed by atoms with E-state index in [4.69, 9.17) is 9.73 Å². The molecule has 1 amide bonds. The quantitative estimate of drug-likeness (QED) is 0.202. The van der Waals surface area contributed by atoms with E-state index >= 15 is 0 Å². The number of amidine groups is 1. The predicted octanol–water partition coefficient (Wildman–Crippen LogP) is 3.68. The fourth-order valence-corrected chi connectivity index (χ4v) is 4.99. The Labute approximate surface area is 218 Å². The highest BCUT2D eigenvalue weighted by molar-refractivity contribution is 14.2. The number of likely N-dealkylation sites (N-methyl/N-ethyl adjacent to an activating group) is 1. The third-order valence-corrected chi connectivity index (χ3v) is 7.29. The molecular weight excluding hydrogens is 565 g/mol. The number of ether oxygens (including phenoxy) is 1. The molecule has 0 spiro atoms. The molecule has 2 aliphatic rings. The van der Waals surface area contributed by atoms with Crippen LogP contribution >= 0.6 is 30.3 Å². The summed E-state index contributed by atoms with van der Waals surface area (Å²) in [7, 11) is 7.54. The number of halogens is 1. The number of amides is 1. The standard InChI is InChI=1S/C23H32IN7O2S/c1-6-33-22(25-2)18-9-10-31(34-24)21(18)27-16-26-19-8-7-17(15-20(19)28(3)4)23(32)30-13-11-29(5)12-14-30/h7-10,15,26H,2,6,11-14,16H2,1,3-5H3/b22-18+,27-21?. The fraction of sp³-hybridized carbons (Fsp3) is 0.435. The van der Waals surface area contributed by atoms with Crippen molar-refractivity contribution in [3.63, 3.8) is 0 Å². The lowest BCUT2D eigenvalue weighted by Gasteiger charge is -2.32. The monoisotopic (exact) mass is 597 g/mol. The van der Waals surface area contributed by atoms with E-state index in [0.29, 0.717) is 24.7 Å². The number of aliphatic imine (C=N–C) groups is 2. The Hall–Kier alpha value is -2.25. The molecule has 0 radical (unpaired) electrons. The summed E-state index contributed by atoms with van der Waals surface area (Å²) in [5.74, 6) is 1.28. The normalized spacial score (nSPS) is 18.9. The van der Waals surface area contributed by atoms with Crippen molar-refractivity contribution in [1.82, 2.24) is 14.1 Å². The number of hydrogen-bond acceptors (Lipinski definition) is 8. The zero-order valence-electron chi connectivity index (χ0n) is 20.1. The Balaban J connectivity index is 1.78. The zero-order valence-corrected chi connectivity index (χ0v) is 23.1. The molecule has 184 valence electrons. The lowest BCUT2D eigenvalue weighted by Crippen LogP contribution is -2.47. The average molecular weight is 598 g/mol. The summed E-state index contributed by atoms with van der Waals surface area (Å²) in [6.45, 7) is 9.68. The van der Waals surface area contributed by atoms with Crippen LogP contribution < -0.4 is 10.2 Å². The number of benzene rings is 1. The summed E-state index contributed by atoms with van der Waals surface area (Å²) in [5.41, 5.74) is 3.33. The summed E-state index contributed by atoms with van der Waals surface area (Å²) >= 11 is 2.21. The van der Waals surface area contributed by atoms with Crippen molar-refractivity contribution in [2.45, 2.75) is 6.92 Å². The highest BCUT2D eigenvalue weighted by Crippen LogP contribution is 2.31. The SMILES string of the molecule is C=N/C(OCC)=C1/C=CN(SI)C1=NCNc1ccc(C(=O)N2CCN(C)CC2)cc1N(C)C. The Morgan fingerprint density at radius 3 is 2.65 bits per heavy atom. The maximum atomic E-state index is 13.0. The largest absolute Gasteiger partial charge is 0.477 e. The van der Waals surface area contributed by atoms with Crippen molar-refractivity contribution in [1.29, 1.82) is 0 Å². The van der Waals surface area contributed by atoms with Crippen LogP contribution in [0.15, 0.2) is 51.9 Å². The predicted molar refractivity (Wildman–Crippen MR) is 151 cm³/mol. The maximum absolute atomic E-state index is 13.0. The number of nitrogens with zero attached hydrogens (tertiary/aromatic N) is 6. The Morgan fingerprint density at radius 2 is 2.03 bits per heavy atom. The van der Waals surface area contributed by atoms with Crippen LogP contribution in [0.1, 0.15) is 17.3 Å². The number of anilines is 2. The number of carbonyl (C=O) groups excluding carboxylic acids is 1. The van der Waals surface area contributed by atoms with Gasteiger partial charge in [-0.15, -0.1) is 0 Å². The molecule has 0 aromatic heterocycles. The molecule has 9 nitrogen and oxygen atoms in total. The third-order valence-electron chi connectivity index (χ3n) is 5.57. The molecule has 0 saturated carbocycles. The van der Waals surface area contributed by atoms with Crippen molar-refractivity contribution in [3.8, 4) is 0 Å². The second kappa shape index (κ2) is 12.5. The maximum Gasteiger partial charge on any atom is 0.254 e. The minimum Gasteiger partial charge on any atom is -0.477 e. The van der Waals surface area contributed by atoms with E-state index in [1.165, 1.54) is 9.12 Å². The number of piperazine rings is 1. The third kappa shape index (κ3) is 6.25.